The summed E-state index contributed by atoms with van der Waals surface area (Å²) in [7, 11) is 0. The topological polar surface area (TPSA) is 58.5 Å². The SMILES string of the molecule is Cc1c(Cl)nnc(N2CC(CO)OC(C)(C)C2)c1C. The van der Waals surface area contributed by atoms with Crippen LogP contribution in [0.4, 0.5) is 5.82 Å². The van der Waals surface area contributed by atoms with Crippen LogP contribution in [0.15, 0.2) is 0 Å². The van der Waals surface area contributed by atoms with Gasteiger partial charge in [0.25, 0.3) is 0 Å². The van der Waals surface area contributed by atoms with E-state index >= 15 is 0 Å². The van der Waals surface area contributed by atoms with Crippen LogP contribution in [0.1, 0.15) is 25.0 Å². The number of anilines is 1. The van der Waals surface area contributed by atoms with Gasteiger partial charge in [-0.15, -0.1) is 10.2 Å². The van der Waals surface area contributed by atoms with Crippen LogP contribution < -0.4 is 4.90 Å². The van der Waals surface area contributed by atoms with Crippen LogP contribution in [0.5, 0.6) is 0 Å². The fourth-order valence-electron chi connectivity index (χ4n) is 2.42. The summed E-state index contributed by atoms with van der Waals surface area (Å²) >= 11 is 5.98. The van der Waals surface area contributed by atoms with E-state index in [1.54, 1.807) is 0 Å². The lowest BCUT2D eigenvalue weighted by atomic mass is 10.0. The van der Waals surface area contributed by atoms with Crippen LogP contribution in [-0.4, -0.2) is 46.7 Å². The molecule has 1 saturated heterocycles. The molecule has 1 atom stereocenters. The van der Waals surface area contributed by atoms with E-state index < -0.39 is 0 Å². The van der Waals surface area contributed by atoms with Gasteiger partial charge in [0.1, 0.15) is 0 Å². The molecule has 0 bridgehead atoms. The molecule has 1 unspecified atom stereocenters. The smallest absolute Gasteiger partial charge is 0.155 e. The summed E-state index contributed by atoms with van der Waals surface area (Å²) in [6.45, 7) is 9.25. The number of nitrogens with zero attached hydrogens (tertiary/aromatic N) is 3. The van der Waals surface area contributed by atoms with Gasteiger partial charge in [-0.3, -0.25) is 0 Å². The molecule has 0 spiro atoms. The highest BCUT2D eigenvalue weighted by Crippen LogP contribution is 2.29. The molecule has 1 aromatic heterocycles. The van der Waals surface area contributed by atoms with Gasteiger partial charge in [-0.05, 0) is 38.8 Å². The van der Waals surface area contributed by atoms with E-state index in [1.807, 2.05) is 27.7 Å². The Labute approximate surface area is 118 Å². The molecule has 1 fully saturated rings. The van der Waals surface area contributed by atoms with Crippen LogP contribution in [0, 0.1) is 13.8 Å². The van der Waals surface area contributed by atoms with E-state index in [9.17, 15) is 5.11 Å². The van der Waals surface area contributed by atoms with Gasteiger partial charge in [0.05, 0.1) is 18.3 Å². The van der Waals surface area contributed by atoms with Crippen molar-refractivity contribution in [3.8, 4) is 0 Å². The fourth-order valence-corrected chi connectivity index (χ4v) is 2.60. The third kappa shape index (κ3) is 2.99. The Morgan fingerprint density at radius 1 is 1.37 bits per heavy atom. The Kier molecular flexibility index (Phi) is 3.99. The highest BCUT2D eigenvalue weighted by molar-refractivity contribution is 6.30. The van der Waals surface area contributed by atoms with Crippen molar-refractivity contribution in [2.75, 3.05) is 24.6 Å². The molecule has 1 aliphatic heterocycles. The lowest BCUT2D eigenvalue weighted by Crippen LogP contribution is -2.54. The van der Waals surface area contributed by atoms with Crippen molar-refractivity contribution in [1.29, 1.82) is 0 Å². The Balaban J connectivity index is 2.33. The molecule has 0 saturated carbocycles. The van der Waals surface area contributed by atoms with Crippen molar-refractivity contribution in [1.82, 2.24) is 10.2 Å². The van der Waals surface area contributed by atoms with E-state index in [2.05, 4.69) is 15.1 Å². The molecule has 19 heavy (non-hydrogen) atoms. The van der Waals surface area contributed by atoms with Crippen LogP contribution in [0.2, 0.25) is 5.15 Å². The normalized spacial score (nSPS) is 22.6. The molecular weight excluding hydrogens is 266 g/mol. The highest BCUT2D eigenvalue weighted by Gasteiger charge is 2.34. The first-order chi connectivity index (χ1) is 8.84. The summed E-state index contributed by atoms with van der Waals surface area (Å²) in [6, 6.07) is 0. The van der Waals surface area contributed by atoms with Crippen molar-refractivity contribution in [3.05, 3.63) is 16.3 Å². The summed E-state index contributed by atoms with van der Waals surface area (Å²) in [6.07, 6.45) is -0.207. The average Bonchev–Trinajstić information content (AvgIpc) is 2.34. The molecule has 1 aromatic rings. The third-order valence-electron chi connectivity index (χ3n) is 3.42. The molecule has 1 aliphatic rings. The van der Waals surface area contributed by atoms with Crippen LogP contribution in [0.3, 0.4) is 0 Å². The highest BCUT2D eigenvalue weighted by atomic mass is 35.5. The maximum absolute atomic E-state index is 9.35. The monoisotopic (exact) mass is 285 g/mol. The molecule has 2 heterocycles. The minimum absolute atomic E-state index is 0.00101. The van der Waals surface area contributed by atoms with Crippen molar-refractivity contribution in [2.45, 2.75) is 39.4 Å². The average molecular weight is 286 g/mol. The van der Waals surface area contributed by atoms with Crippen molar-refractivity contribution in [3.63, 3.8) is 0 Å². The Morgan fingerprint density at radius 2 is 2.05 bits per heavy atom. The quantitative estimate of drug-likeness (QED) is 0.897. The number of ether oxygens (including phenoxy) is 1. The molecule has 0 amide bonds. The molecule has 6 heteroatoms. The largest absolute Gasteiger partial charge is 0.394 e. The predicted molar refractivity (Wildman–Crippen MR) is 74.8 cm³/mol. The Bertz CT molecular complexity index is 479. The first kappa shape index (κ1) is 14.5. The van der Waals surface area contributed by atoms with Gasteiger partial charge in [-0.2, -0.15) is 0 Å². The predicted octanol–water partition coefficient (Wildman–Crippen LogP) is 1.72. The van der Waals surface area contributed by atoms with Gasteiger partial charge in [0.15, 0.2) is 11.0 Å². The molecule has 0 radical (unpaired) electrons. The summed E-state index contributed by atoms with van der Waals surface area (Å²) < 4.78 is 5.80. The Hall–Kier alpha value is -0.910. The number of aliphatic hydroxyl groups excluding tert-OH is 1. The number of halogens is 1. The van der Waals surface area contributed by atoms with Crippen molar-refractivity contribution < 1.29 is 9.84 Å². The van der Waals surface area contributed by atoms with E-state index in [1.165, 1.54) is 0 Å². The number of morpholine rings is 1. The minimum atomic E-state index is -0.326. The second-order valence-electron chi connectivity index (χ2n) is 5.63. The second-order valence-corrected chi connectivity index (χ2v) is 5.99. The van der Waals surface area contributed by atoms with Gasteiger partial charge in [-0.25, -0.2) is 0 Å². The number of rotatable bonds is 2. The van der Waals surface area contributed by atoms with Crippen molar-refractivity contribution in [2.24, 2.45) is 0 Å². The zero-order valence-electron chi connectivity index (χ0n) is 11.8. The van der Waals surface area contributed by atoms with Gasteiger partial charge < -0.3 is 14.7 Å². The van der Waals surface area contributed by atoms with E-state index in [0.717, 1.165) is 16.9 Å². The third-order valence-corrected chi connectivity index (χ3v) is 3.78. The number of aromatic nitrogens is 2. The van der Waals surface area contributed by atoms with Crippen LogP contribution in [-0.2, 0) is 4.74 Å². The lowest BCUT2D eigenvalue weighted by Gasteiger charge is -2.43. The zero-order valence-corrected chi connectivity index (χ0v) is 12.5. The van der Waals surface area contributed by atoms with E-state index in [0.29, 0.717) is 18.2 Å². The molecule has 2 rings (SSSR count). The van der Waals surface area contributed by atoms with Crippen molar-refractivity contribution >= 4 is 17.4 Å². The summed E-state index contributed by atoms with van der Waals surface area (Å²) in [5.41, 5.74) is 1.64. The lowest BCUT2D eigenvalue weighted by molar-refractivity contribution is -0.101. The number of aliphatic hydroxyl groups is 1. The second kappa shape index (κ2) is 5.23. The first-order valence-corrected chi connectivity index (χ1v) is 6.75. The number of hydrogen-bond acceptors (Lipinski definition) is 5. The first-order valence-electron chi connectivity index (χ1n) is 6.37. The Morgan fingerprint density at radius 3 is 2.68 bits per heavy atom. The zero-order chi connectivity index (χ0) is 14.2. The number of hydrogen-bond donors (Lipinski definition) is 1. The standard InChI is InChI=1S/C13H20ClN3O2/c1-8-9(2)12(16-15-11(8)14)17-5-10(6-18)19-13(3,4)7-17/h10,18H,5-7H2,1-4H3. The van der Waals surface area contributed by atoms with E-state index in [4.69, 9.17) is 16.3 Å². The van der Waals surface area contributed by atoms with Crippen LogP contribution in [0.25, 0.3) is 0 Å². The molecule has 106 valence electrons. The molecule has 0 aliphatic carbocycles. The summed E-state index contributed by atoms with van der Waals surface area (Å²) in [4.78, 5) is 2.11. The summed E-state index contributed by atoms with van der Waals surface area (Å²) in [5, 5.41) is 18.0. The maximum Gasteiger partial charge on any atom is 0.155 e. The molecule has 1 N–H and O–H groups in total. The fraction of sp³-hybridized carbons (Fsp3) is 0.692. The van der Waals surface area contributed by atoms with Gasteiger partial charge in [0, 0.05) is 13.1 Å². The molecule has 5 nitrogen and oxygen atoms in total. The van der Waals surface area contributed by atoms with Gasteiger partial charge in [0.2, 0.25) is 0 Å². The summed E-state index contributed by atoms with van der Waals surface area (Å²) in [5.74, 6) is 0.816. The molecular formula is C13H20ClN3O2. The van der Waals surface area contributed by atoms with Gasteiger partial charge in [-0.1, -0.05) is 11.6 Å². The van der Waals surface area contributed by atoms with Gasteiger partial charge >= 0.3 is 0 Å². The van der Waals surface area contributed by atoms with Crippen LogP contribution >= 0.6 is 11.6 Å². The van der Waals surface area contributed by atoms with E-state index in [-0.39, 0.29) is 18.3 Å². The maximum atomic E-state index is 9.35. The molecule has 0 aromatic carbocycles. The minimum Gasteiger partial charge on any atom is -0.394 e.